The van der Waals surface area contributed by atoms with Crippen molar-refractivity contribution in [3.63, 3.8) is 0 Å². The normalized spacial score (nSPS) is 17.4. The molecule has 394 valence electrons. The maximum Gasteiger partial charge on any atom is 0.416 e. The van der Waals surface area contributed by atoms with Gasteiger partial charge in [0.1, 0.15) is 58.1 Å². The monoisotopic (exact) mass is 1050 g/mol. The number of halogens is 6. The van der Waals surface area contributed by atoms with Crippen LogP contribution < -0.4 is 0 Å². The van der Waals surface area contributed by atoms with E-state index < -0.39 is 81.7 Å². The van der Waals surface area contributed by atoms with Gasteiger partial charge in [-0.15, -0.1) is 10.2 Å². The van der Waals surface area contributed by atoms with Crippen LogP contribution in [0, 0.1) is 24.9 Å². The zero-order valence-corrected chi connectivity index (χ0v) is 40.9. The second-order valence-corrected chi connectivity index (χ2v) is 18.0. The summed E-state index contributed by atoms with van der Waals surface area (Å²) in [5, 5.41) is 81.3. The molecular formula is C52H48F6N12O6. The van der Waals surface area contributed by atoms with Gasteiger partial charge in [-0.1, -0.05) is 71.6 Å². The van der Waals surface area contributed by atoms with Gasteiger partial charge in [-0.05, 0) is 122 Å². The predicted octanol–water partition coefficient (Wildman–Crippen LogP) is 10.1. The third-order valence-electron chi connectivity index (χ3n) is 12.7. The first kappa shape index (κ1) is 55.1. The van der Waals surface area contributed by atoms with Crippen molar-refractivity contribution in [2.45, 2.75) is 82.4 Å². The molecule has 4 aromatic carbocycles. The number of nitrogens with zero attached hydrogens (tertiary/aromatic N) is 10. The first-order valence-electron chi connectivity index (χ1n) is 22.8. The van der Waals surface area contributed by atoms with Gasteiger partial charge in [0.15, 0.2) is 11.2 Å². The highest BCUT2D eigenvalue weighted by atomic mass is 19.4. The second-order valence-electron chi connectivity index (χ2n) is 18.0. The summed E-state index contributed by atoms with van der Waals surface area (Å²) < 4.78 is 87.6. The lowest BCUT2D eigenvalue weighted by atomic mass is 9.82. The Kier molecular flexibility index (Phi) is 15.5. The lowest BCUT2D eigenvalue weighted by Gasteiger charge is -2.31. The molecule has 6 aromatic rings. The van der Waals surface area contributed by atoms with Gasteiger partial charge < -0.3 is 25.5 Å². The van der Waals surface area contributed by atoms with Gasteiger partial charge in [-0.25, -0.2) is 20.4 Å². The van der Waals surface area contributed by atoms with Gasteiger partial charge in [-0.3, -0.25) is 14.8 Å². The summed E-state index contributed by atoms with van der Waals surface area (Å²) in [5.41, 5.74) is 8.20. The molecule has 0 aliphatic heterocycles. The van der Waals surface area contributed by atoms with E-state index in [1.165, 1.54) is 43.5 Å². The van der Waals surface area contributed by atoms with Gasteiger partial charge >= 0.3 is 12.4 Å². The molecule has 6 unspecified atom stereocenters. The van der Waals surface area contributed by atoms with Crippen LogP contribution in [-0.4, -0.2) is 91.9 Å². The molecule has 18 nitrogen and oxygen atoms in total. The Labute approximate surface area is 429 Å². The number of allylic oxidation sites excluding steroid dienone is 5. The number of alkyl halides is 6. The SMILES string of the molecule is C=CC(=O)C(=C(C)C)n1cc(C(O)(c2ccc(-c3cc(C)c(N=CC(N=N)C(O)(c4cc(C(F)(F)F)cc(C(F)(F)F)c4)c4cn(C5C(C)=CC=CC5O)nn4)c(O)c3)cc2)C(C=Nc2c(C)cccc2O)N=N)nn1. The number of aliphatic imine (C=N–C) groups is 2. The second kappa shape index (κ2) is 21.3. The Balaban J connectivity index is 1.29. The topological polar surface area (TPSA) is 277 Å². The van der Waals surface area contributed by atoms with Crippen molar-refractivity contribution in [1.29, 1.82) is 11.1 Å². The maximum atomic E-state index is 14.2. The lowest BCUT2D eigenvalue weighted by molar-refractivity contribution is -0.143. The molecule has 0 bridgehead atoms. The smallest absolute Gasteiger partial charge is 0.416 e. The maximum absolute atomic E-state index is 14.2. The number of para-hydroxylation sites is 1. The average Bonchev–Trinajstić information content (AvgIpc) is 4.07. The molecule has 0 amide bonds. The number of aromatic nitrogens is 6. The number of aromatic hydroxyl groups is 2. The van der Waals surface area contributed by atoms with Crippen LogP contribution in [0.1, 0.15) is 71.6 Å². The zero-order chi connectivity index (χ0) is 55.7. The summed E-state index contributed by atoms with van der Waals surface area (Å²) in [6.07, 6.45) is -2.06. The molecule has 2 heterocycles. The number of phenolic OH excluding ortho intramolecular Hbond substituents is 2. The number of aryl methyl sites for hydroxylation is 2. The number of rotatable bonds is 17. The molecule has 2 aromatic heterocycles. The Bertz CT molecular complexity index is 3320. The number of carbonyl (C=O) groups is 1. The first-order valence-corrected chi connectivity index (χ1v) is 22.8. The molecular weight excluding hydrogens is 1000 g/mol. The molecule has 0 radical (unpaired) electrons. The van der Waals surface area contributed by atoms with Gasteiger partial charge in [0.25, 0.3) is 0 Å². The number of aliphatic hydroxyl groups excluding tert-OH is 1. The number of benzene rings is 4. The van der Waals surface area contributed by atoms with E-state index in [1.807, 2.05) is 0 Å². The lowest BCUT2D eigenvalue weighted by Crippen LogP contribution is -2.41. The highest BCUT2D eigenvalue weighted by Crippen LogP contribution is 2.44. The number of hydrogen-bond donors (Lipinski definition) is 7. The van der Waals surface area contributed by atoms with Crippen LogP contribution in [-0.2, 0) is 28.3 Å². The molecule has 76 heavy (non-hydrogen) atoms. The van der Waals surface area contributed by atoms with Crippen molar-refractivity contribution in [2.75, 3.05) is 0 Å². The third kappa shape index (κ3) is 10.7. The van der Waals surface area contributed by atoms with Gasteiger partial charge in [0.2, 0.25) is 5.78 Å². The largest absolute Gasteiger partial charge is 0.506 e. The van der Waals surface area contributed by atoms with Gasteiger partial charge in [0.05, 0.1) is 29.6 Å². The van der Waals surface area contributed by atoms with Crippen LogP contribution in [0.15, 0.2) is 147 Å². The molecule has 6 atom stereocenters. The molecule has 1 aliphatic carbocycles. The molecule has 7 rings (SSSR count). The Hall–Kier alpha value is -8.61. The molecule has 0 spiro atoms. The van der Waals surface area contributed by atoms with Crippen molar-refractivity contribution in [1.82, 2.24) is 30.0 Å². The number of phenols is 2. The summed E-state index contributed by atoms with van der Waals surface area (Å²) in [5.74, 6) is -1.19. The summed E-state index contributed by atoms with van der Waals surface area (Å²) >= 11 is 0. The Morgan fingerprint density at radius 3 is 1.80 bits per heavy atom. The molecule has 7 N–H and O–H groups in total. The van der Waals surface area contributed by atoms with E-state index in [4.69, 9.17) is 11.1 Å². The summed E-state index contributed by atoms with van der Waals surface area (Å²) in [6.45, 7) is 11.7. The molecule has 24 heteroatoms. The van der Waals surface area contributed by atoms with E-state index in [1.54, 1.807) is 70.2 Å². The van der Waals surface area contributed by atoms with Crippen molar-refractivity contribution in [3.05, 3.63) is 172 Å². The fourth-order valence-electron chi connectivity index (χ4n) is 8.68. The minimum Gasteiger partial charge on any atom is -0.506 e. The first-order chi connectivity index (χ1) is 35.8. The fraction of sp³-hybridized carbons (Fsp3) is 0.250. The number of carbonyl (C=O) groups excluding carboxylic acids is 1. The average molecular weight is 1050 g/mol. The minimum absolute atomic E-state index is 0.0918. The van der Waals surface area contributed by atoms with E-state index in [0.717, 1.165) is 34.1 Å². The van der Waals surface area contributed by atoms with Crippen molar-refractivity contribution in [2.24, 2.45) is 20.2 Å². The van der Waals surface area contributed by atoms with Crippen LogP contribution in [0.4, 0.5) is 37.7 Å². The molecule has 1 aliphatic rings. The van der Waals surface area contributed by atoms with E-state index >= 15 is 0 Å². The van der Waals surface area contributed by atoms with Crippen LogP contribution in [0.25, 0.3) is 16.8 Å². The number of ketones is 1. The summed E-state index contributed by atoms with van der Waals surface area (Å²) in [4.78, 5) is 21.5. The highest BCUT2D eigenvalue weighted by Gasteiger charge is 2.48. The van der Waals surface area contributed by atoms with Crippen molar-refractivity contribution in [3.8, 4) is 22.6 Å². The van der Waals surface area contributed by atoms with Crippen molar-refractivity contribution < 1.29 is 56.7 Å². The zero-order valence-electron chi connectivity index (χ0n) is 40.9. The number of hydrogen-bond acceptors (Lipinski definition) is 16. The summed E-state index contributed by atoms with van der Waals surface area (Å²) in [6, 6.07) is 9.31. The molecule has 0 saturated heterocycles. The van der Waals surface area contributed by atoms with Crippen LogP contribution >= 0.6 is 0 Å². The van der Waals surface area contributed by atoms with Crippen LogP contribution in [0.2, 0.25) is 0 Å². The van der Waals surface area contributed by atoms with E-state index in [-0.39, 0.29) is 57.8 Å². The predicted molar refractivity (Wildman–Crippen MR) is 265 cm³/mol. The molecule has 0 fully saturated rings. The standard InChI is InChI=1S/C52H48F6N12O6/c1-7-37(71)47(27(2)3)69-25-43(65-67-69)49(75,41(63-59)23-61-45-28(4)10-8-12-38(45)72)33-16-14-31(15-17-33)32-18-30(6)46(40(74)19-32)62-24-42(64-60)50(76,34-20-35(51(53,54)55)22-36(21-34)52(56,57)58)44-26-70(68-66-44)48-29(5)11-9-13-39(48)73/h7-26,39,41-42,48,59-60,72-76H,1H2,2-6H3. The van der Waals surface area contributed by atoms with Gasteiger partial charge in [-0.2, -0.15) is 36.6 Å². The Morgan fingerprint density at radius 2 is 1.28 bits per heavy atom. The fourth-order valence-corrected chi connectivity index (χ4v) is 8.68. The van der Waals surface area contributed by atoms with E-state index in [2.05, 4.69) is 47.4 Å². The highest BCUT2D eigenvalue weighted by molar-refractivity contribution is 6.21. The molecule has 0 saturated carbocycles. The summed E-state index contributed by atoms with van der Waals surface area (Å²) in [7, 11) is 0. The van der Waals surface area contributed by atoms with Crippen LogP contribution in [0.3, 0.4) is 0 Å². The van der Waals surface area contributed by atoms with E-state index in [9.17, 15) is 56.7 Å². The van der Waals surface area contributed by atoms with E-state index in [0.29, 0.717) is 27.8 Å². The number of aliphatic hydroxyl groups is 3. The number of nitrogens with one attached hydrogen (secondary N) is 2. The Morgan fingerprint density at radius 1 is 0.724 bits per heavy atom. The van der Waals surface area contributed by atoms with Crippen LogP contribution in [0.5, 0.6) is 11.5 Å². The quantitative estimate of drug-likeness (QED) is 0.0196. The third-order valence-corrected chi connectivity index (χ3v) is 12.7. The van der Waals surface area contributed by atoms with Crippen molar-refractivity contribution >= 4 is 35.3 Å². The minimum atomic E-state index is -5.35. The van der Waals surface area contributed by atoms with Gasteiger partial charge in [0, 0.05) is 12.4 Å².